The molecule has 0 saturated heterocycles. The largest absolute Gasteiger partial charge is 0.307 e. The van der Waals surface area contributed by atoms with Gasteiger partial charge in [0.2, 0.25) is 0 Å². The van der Waals surface area contributed by atoms with Crippen molar-refractivity contribution in [3.05, 3.63) is 39.9 Å². The predicted octanol–water partition coefficient (Wildman–Crippen LogP) is 3.82. The van der Waals surface area contributed by atoms with E-state index in [1.165, 1.54) is 19.3 Å². The molecule has 1 N–H and O–H groups in total. The normalized spacial score (nSPS) is 23.1. The molecule has 104 valence electrons. The van der Waals surface area contributed by atoms with Gasteiger partial charge >= 0.3 is 0 Å². The molecular formula is C15H22N2O2. The van der Waals surface area contributed by atoms with Crippen LogP contribution in [-0.4, -0.2) is 11.0 Å². The predicted molar refractivity (Wildman–Crippen MR) is 76.1 cm³/mol. The Bertz CT molecular complexity index is 448. The summed E-state index contributed by atoms with van der Waals surface area (Å²) in [5.41, 5.74) is 1.21. The number of hydrogen-bond acceptors (Lipinski definition) is 3. The lowest BCUT2D eigenvalue weighted by molar-refractivity contribution is -0.384. The zero-order chi connectivity index (χ0) is 13.8. The smallest absolute Gasteiger partial charge is 0.269 e. The first-order valence-electron chi connectivity index (χ1n) is 7.16. The van der Waals surface area contributed by atoms with E-state index >= 15 is 0 Å². The Morgan fingerprint density at radius 3 is 2.89 bits per heavy atom. The zero-order valence-corrected chi connectivity index (χ0v) is 11.6. The molecule has 0 heterocycles. The van der Waals surface area contributed by atoms with Crippen molar-refractivity contribution in [3.63, 3.8) is 0 Å². The summed E-state index contributed by atoms with van der Waals surface area (Å²) in [4.78, 5) is 10.5. The van der Waals surface area contributed by atoms with Gasteiger partial charge in [-0.05, 0) is 30.7 Å². The van der Waals surface area contributed by atoms with E-state index < -0.39 is 0 Å². The highest BCUT2D eigenvalue weighted by Gasteiger charge is 2.37. The second-order valence-electron chi connectivity index (χ2n) is 5.37. The summed E-state index contributed by atoms with van der Waals surface area (Å²) in [6, 6.07) is 7.82. The Balaban J connectivity index is 2.01. The first-order chi connectivity index (χ1) is 9.15. The van der Waals surface area contributed by atoms with Crippen LogP contribution < -0.4 is 5.32 Å². The highest BCUT2D eigenvalue weighted by molar-refractivity contribution is 5.36. The Morgan fingerprint density at radius 2 is 2.26 bits per heavy atom. The summed E-state index contributed by atoms with van der Waals surface area (Å²) < 4.78 is 0. The minimum atomic E-state index is -0.326. The minimum Gasteiger partial charge on any atom is -0.307 e. The van der Waals surface area contributed by atoms with Crippen LogP contribution in [0.1, 0.15) is 51.1 Å². The Labute approximate surface area is 114 Å². The molecule has 0 amide bonds. The van der Waals surface area contributed by atoms with Gasteiger partial charge in [-0.15, -0.1) is 0 Å². The van der Waals surface area contributed by atoms with Crippen LogP contribution in [0.5, 0.6) is 0 Å². The number of nitrogens with zero attached hydrogens (tertiary/aromatic N) is 1. The van der Waals surface area contributed by atoms with Gasteiger partial charge in [0.25, 0.3) is 5.69 Å². The molecule has 0 radical (unpaired) electrons. The average Bonchev–Trinajstić information content (AvgIpc) is 3.14. The molecule has 3 unspecified atom stereocenters. The molecule has 0 bridgehead atoms. The lowest BCUT2D eigenvalue weighted by Gasteiger charge is -2.17. The third-order valence-electron chi connectivity index (χ3n) is 3.89. The fourth-order valence-electron chi connectivity index (χ4n) is 2.70. The molecule has 1 saturated carbocycles. The summed E-state index contributed by atoms with van der Waals surface area (Å²) in [6.45, 7) is 4.33. The van der Waals surface area contributed by atoms with Crippen LogP contribution in [0.3, 0.4) is 0 Å². The van der Waals surface area contributed by atoms with Gasteiger partial charge in [-0.2, -0.15) is 0 Å². The van der Waals surface area contributed by atoms with E-state index in [2.05, 4.69) is 19.2 Å². The van der Waals surface area contributed by atoms with Crippen LogP contribution in [0, 0.1) is 16.0 Å². The third-order valence-corrected chi connectivity index (χ3v) is 3.89. The van der Waals surface area contributed by atoms with Gasteiger partial charge in [-0.1, -0.05) is 32.4 Å². The van der Waals surface area contributed by atoms with Gasteiger partial charge in [0, 0.05) is 24.2 Å². The summed E-state index contributed by atoms with van der Waals surface area (Å²) in [7, 11) is 0. The number of rotatable bonds is 7. The fourth-order valence-corrected chi connectivity index (χ4v) is 2.70. The SMILES string of the molecule is CCCC1CC1NC(CC)c1cccc([N+](=O)[O-])c1. The van der Waals surface area contributed by atoms with Gasteiger partial charge < -0.3 is 5.32 Å². The maximum Gasteiger partial charge on any atom is 0.269 e. The zero-order valence-electron chi connectivity index (χ0n) is 11.6. The molecule has 1 aromatic carbocycles. The molecule has 0 aliphatic heterocycles. The van der Waals surface area contributed by atoms with Crippen LogP contribution >= 0.6 is 0 Å². The Morgan fingerprint density at radius 1 is 1.47 bits per heavy atom. The van der Waals surface area contributed by atoms with Crippen LogP contribution in [0.25, 0.3) is 0 Å². The number of nitro groups is 1. The minimum absolute atomic E-state index is 0.179. The molecule has 0 aromatic heterocycles. The molecule has 4 nitrogen and oxygen atoms in total. The highest BCUT2D eigenvalue weighted by atomic mass is 16.6. The van der Waals surface area contributed by atoms with Gasteiger partial charge in [0.15, 0.2) is 0 Å². The standard InChI is InChI=1S/C15H22N2O2/c1-3-6-11-10-15(11)16-14(4-2)12-7-5-8-13(9-12)17(18)19/h5,7-9,11,14-16H,3-4,6,10H2,1-2H3. The molecular weight excluding hydrogens is 240 g/mol. The van der Waals surface area contributed by atoms with Crippen LogP contribution in [-0.2, 0) is 0 Å². The molecule has 1 aromatic rings. The van der Waals surface area contributed by atoms with Crippen molar-refractivity contribution in [2.24, 2.45) is 5.92 Å². The van der Waals surface area contributed by atoms with E-state index in [1.54, 1.807) is 18.2 Å². The van der Waals surface area contributed by atoms with Crippen LogP contribution in [0.15, 0.2) is 24.3 Å². The van der Waals surface area contributed by atoms with E-state index in [-0.39, 0.29) is 16.7 Å². The Hall–Kier alpha value is -1.42. The van der Waals surface area contributed by atoms with Gasteiger partial charge in [-0.25, -0.2) is 0 Å². The van der Waals surface area contributed by atoms with Gasteiger partial charge in [0.1, 0.15) is 0 Å². The number of nitrogens with one attached hydrogen (secondary N) is 1. The van der Waals surface area contributed by atoms with Crippen LogP contribution in [0.4, 0.5) is 5.69 Å². The van der Waals surface area contributed by atoms with E-state index in [4.69, 9.17) is 0 Å². The van der Waals surface area contributed by atoms with Gasteiger partial charge in [-0.3, -0.25) is 10.1 Å². The van der Waals surface area contributed by atoms with E-state index in [0.29, 0.717) is 6.04 Å². The van der Waals surface area contributed by atoms with Gasteiger partial charge in [0.05, 0.1) is 4.92 Å². The van der Waals surface area contributed by atoms with Crippen molar-refractivity contribution in [2.45, 2.75) is 51.6 Å². The molecule has 4 heteroatoms. The molecule has 1 aliphatic rings. The highest BCUT2D eigenvalue weighted by Crippen LogP contribution is 2.37. The van der Waals surface area contributed by atoms with Crippen LogP contribution in [0.2, 0.25) is 0 Å². The summed E-state index contributed by atoms with van der Waals surface area (Å²) >= 11 is 0. The average molecular weight is 262 g/mol. The lowest BCUT2D eigenvalue weighted by Crippen LogP contribution is -2.24. The number of benzene rings is 1. The maximum atomic E-state index is 10.8. The quantitative estimate of drug-likeness (QED) is 0.600. The summed E-state index contributed by atoms with van der Waals surface area (Å²) in [5.74, 6) is 0.803. The van der Waals surface area contributed by atoms with E-state index in [9.17, 15) is 10.1 Å². The molecule has 1 aliphatic carbocycles. The first-order valence-corrected chi connectivity index (χ1v) is 7.16. The second kappa shape index (κ2) is 6.15. The third kappa shape index (κ3) is 3.53. The number of non-ortho nitro benzene ring substituents is 1. The van der Waals surface area contributed by atoms with Crippen molar-refractivity contribution < 1.29 is 4.92 Å². The molecule has 0 spiro atoms. The van der Waals surface area contributed by atoms with Crippen molar-refractivity contribution in [2.75, 3.05) is 0 Å². The second-order valence-corrected chi connectivity index (χ2v) is 5.37. The Kier molecular flexibility index (Phi) is 4.53. The monoisotopic (exact) mass is 262 g/mol. The fraction of sp³-hybridized carbons (Fsp3) is 0.600. The number of nitro benzene ring substituents is 1. The van der Waals surface area contributed by atoms with Crippen molar-refractivity contribution in [3.8, 4) is 0 Å². The molecule has 3 atom stereocenters. The summed E-state index contributed by atoms with van der Waals surface area (Å²) in [6.07, 6.45) is 4.72. The van der Waals surface area contributed by atoms with E-state index in [0.717, 1.165) is 17.9 Å². The first kappa shape index (κ1) is 14.0. The van der Waals surface area contributed by atoms with Crippen molar-refractivity contribution >= 4 is 5.69 Å². The number of hydrogen-bond donors (Lipinski definition) is 1. The summed E-state index contributed by atoms with van der Waals surface area (Å²) in [5, 5.41) is 14.5. The molecule has 2 rings (SSSR count). The lowest BCUT2D eigenvalue weighted by atomic mass is 10.0. The maximum absolute atomic E-state index is 10.8. The van der Waals surface area contributed by atoms with E-state index in [1.807, 2.05) is 6.07 Å². The topological polar surface area (TPSA) is 55.2 Å². The molecule has 1 fully saturated rings. The molecule has 19 heavy (non-hydrogen) atoms. The van der Waals surface area contributed by atoms with Crippen molar-refractivity contribution in [1.29, 1.82) is 0 Å². The van der Waals surface area contributed by atoms with Crippen molar-refractivity contribution in [1.82, 2.24) is 5.32 Å².